The molecule has 5 heterocycles. The zero-order chi connectivity index (χ0) is 74.6. The Labute approximate surface area is 619 Å². The lowest BCUT2D eigenvalue weighted by molar-refractivity contribution is -0.138. The highest BCUT2D eigenvalue weighted by molar-refractivity contribution is 8.02. The Kier molecular flexibility index (Phi) is 29.6. The maximum absolute atomic E-state index is 14.3. The van der Waals surface area contributed by atoms with Gasteiger partial charge in [0.15, 0.2) is 29.2 Å². The van der Waals surface area contributed by atoms with E-state index in [1.54, 1.807) is 72.4 Å². The number of carbonyl (C=O) groups excluding carboxylic acids is 8. The Bertz CT molecular complexity index is 3590. The molecule has 3 unspecified atom stereocenters. The summed E-state index contributed by atoms with van der Waals surface area (Å²) in [5.74, 6) is 0.173. The van der Waals surface area contributed by atoms with Crippen molar-refractivity contribution in [3.8, 4) is 23.0 Å². The number of aliphatic imine (C=N–C) groups is 1. The molecule has 1 saturated carbocycles. The second-order valence-corrected chi connectivity index (χ2v) is 31.5. The number of aliphatic hydroxyl groups is 1. The Balaban J connectivity index is 0.710. The fourth-order valence-corrected chi connectivity index (χ4v) is 17.0. The van der Waals surface area contributed by atoms with Gasteiger partial charge in [0.2, 0.25) is 29.5 Å². The van der Waals surface area contributed by atoms with Gasteiger partial charge in [-0.15, -0.1) is 11.8 Å². The molecule has 0 radical (unpaired) electrons. The van der Waals surface area contributed by atoms with E-state index in [-0.39, 0.29) is 94.4 Å². The number of methoxy groups -OCH3 is 2. The lowest BCUT2D eigenvalue weighted by atomic mass is 9.78. The molecule has 2 fully saturated rings. The van der Waals surface area contributed by atoms with Crippen molar-refractivity contribution < 1.29 is 67.1 Å². The average molecular weight is 1460 g/mol. The number of thioether (sulfide) groups is 1. The van der Waals surface area contributed by atoms with E-state index in [1.807, 2.05) is 33.9 Å². The first kappa shape index (κ1) is 80.2. The molecule has 568 valence electrons. The maximum atomic E-state index is 14.3. The highest BCUT2D eigenvalue weighted by Crippen LogP contribution is 2.48. The smallest absolute Gasteiger partial charge is 0.416 e. The number of rotatable bonds is 30. The maximum Gasteiger partial charge on any atom is 0.416 e. The van der Waals surface area contributed by atoms with Crippen LogP contribution in [0.5, 0.6) is 23.0 Å². The molecular formula is C81H114N8O14S. The molecule has 8 amide bonds. The van der Waals surface area contributed by atoms with E-state index in [0.717, 1.165) is 41.7 Å². The summed E-state index contributed by atoms with van der Waals surface area (Å²) in [5, 5.41) is 20.0. The number of fused-ring (bicyclic) bond motifs is 4. The largest absolute Gasteiger partial charge is 0.493 e. The molecule has 4 N–H and O–H groups in total. The van der Waals surface area contributed by atoms with Crippen LogP contribution in [-0.4, -0.2) is 148 Å². The number of carbonyl (C=O) groups is 8. The normalized spacial score (nSPS) is 21.6. The predicted octanol–water partition coefficient (Wildman–Crippen LogP) is 15.1. The lowest BCUT2D eigenvalue weighted by Gasteiger charge is -2.38. The van der Waals surface area contributed by atoms with Gasteiger partial charge in [0.25, 0.3) is 11.8 Å². The van der Waals surface area contributed by atoms with Crippen LogP contribution in [0.3, 0.4) is 0 Å². The van der Waals surface area contributed by atoms with Crippen molar-refractivity contribution >= 4 is 82.5 Å². The second kappa shape index (κ2) is 38.4. The van der Waals surface area contributed by atoms with Crippen LogP contribution in [0, 0.1) is 17.8 Å². The minimum Gasteiger partial charge on any atom is -0.493 e. The van der Waals surface area contributed by atoms with Crippen LogP contribution in [0.25, 0.3) is 0 Å². The van der Waals surface area contributed by atoms with Crippen molar-refractivity contribution in [2.75, 3.05) is 44.2 Å². The number of benzene rings is 3. The van der Waals surface area contributed by atoms with Crippen molar-refractivity contribution in [1.29, 1.82) is 0 Å². The molecule has 3 aromatic rings. The molecule has 9 rings (SSSR count). The van der Waals surface area contributed by atoms with Gasteiger partial charge in [-0.05, 0) is 133 Å². The molecule has 0 bridgehead atoms. The first-order valence-electron chi connectivity index (χ1n) is 38.5. The Morgan fingerprint density at radius 3 is 1.92 bits per heavy atom. The third kappa shape index (κ3) is 20.8. The topological polar surface area (TPSA) is 264 Å². The number of hydrogen-bond acceptors (Lipinski definition) is 16. The number of imide groups is 1. The number of nitrogens with one attached hydrogen (secondary N) is 3. The third-order valence-electron chi connectivity index (χ3n) is 21.7. The van der Waals surface area contributed by atoms with Crippen molar-refractivity contribution in [3.05, 3.63) is 88.8 Å². The summed E-state index contributed by atoms with van der Waals surface area (Å²) in [6.45, 7) is 16.6. The summed E-state index contributed by atoms with van der Waals surface area (Å²) >= 11 is 1.76. The molecule has 8 atom stereocenters. The van der Waals surface area contributed by atoms with Crippen LogP contribution >= 0.6 is 11.8 Å². The zero-order valence-corrected chi connectivity index (χ0v) is 64.0. The van der Waals surface area contributed by atoms with Gasteiger partial charge < -0.3 is 54.5 Å². The molecule has 6 aliphatic rings. The Morgan fingerprint density at radius 1 is 0.683 bits per heavy atom. The van der Waals surface area contributed by atoms with Gasteiger partial charge in [0.05, 0.1) is 67.3 Å². The number of likely N-dealkylation sites (tertiary alicyclic amines) is 1. The molecule has 5 aliphatic heterocycles. The highest BCUT2D eigenvalue weighted by atomic mass is 32.2. The number of nitrogens with zero attached hydrogens (tertiary/aromatic N) is 5. The third-order valence-corrected chi connectivity index (χ3v) is 23.6. The summed E-state index contributed by atoms with van der Waals surface area (Å²) < 4.78 is 29.5. The SMILES string of the molecule is CCC(CC)(CC1CCCCCCCCCCCCCC1C)SC1CC(=O)N(CCCCCC(=O)N[C@H](C(=O)N[C@@H](C)C(=O)Nc2ccc(COC(=O)N3c4cc(OCCCCCOc5cc6c(cc5OC)C(=O)N5C=C(C)C[C@H]5C=N6)c(OC)cc4C(=O)N4C=C(C)C[C@H]4[C@@H]3O)cc2)C(C)C)C1=O. The van der Waals surface area contributed by atoms with E-state index < -0.39 is 48.2 Å². The fourth-order valence-electron chi connectivity index (χ4n) is 15.3. The summed E-state index contributed by atoms with van der Waals surface area (Å²) in [6, 6.07) is 10.1. The van der Waals surface area contributed by atoms with Gasteiger partial charge in [-0.1, -0.05) is 148 Å². The predicted molar refractivity (Wildman–Crippen MR) is 406 cm³/mol. The summed E-state index contributed by atoms with van der Waals surface area (Å²) in [5.41, 5.74) is 3.99. The van der Waals surface area contributed by atoms with E-state index in [1.165, 1.54) is 120 Å². The van der Waals surface area contributed by atoms with Crippen molar-refractivity contribution in [1.82, 2.24) is 25.3 Å². The molecule has 0 aromatic heterocycles. The molecule has 23 heteroatoms. The number of ether oxygens (including phenoxy) is 5. The number of amides is 8. The van der Waals surface area contributed by atoms with Gasteiger partial charge in [-0.3, -0.25) is 43.5 Å². The van der Waals surface area contributed by atoms with Gasteiger partial charge in [0, 0.05) is 60.6 Å². The minimum atomic E-state index is -1.52. The van der Waals surface area contributed by atoms with Crippen molar-refractivity contribution in [3.63, 3.8) is 0 Å². The molecule has 22 nitrogen and oxygen atoms in total. The monoisotopic (exact) mass is 1450 g/mol. The first-order valence-corrected chi connectivity index (χ1v) is 39.3. The van der Waals surface area contributed by atoms with Crippen molar-refractivity contribution in [2.24, 2.45) is 22.7 Å². The van der Waals surface area contributed by atoms with Gasteiger partial charge in [-0.25, -0.2) is 9.69 Å². The van der Waals surface area contributed by atoms with Crippen LogP contribution in [0.1, 0.15) is 249 Å². The van der Waals surface area contributed by atoms with Gasteiger partial charge >= 0.3 is 6.09 Å². The standard InChI is InChI=1S/C81H114N8O14S/c1-11-81(12-2,47-58-31-25-21-19-17-15-13-14-16-18-20-24-30-55(58)7)104-70-46-72(91)86(79(70)97)37-27-22-26-32-71(90)85-73(52(3)4)75(93)83-56(8)74(92)84-59-35-33-57(34-36-59)51-103-80(98)89-64-45-69(67(100-10)43-62(64)77(95)88-50-54(6)41-65(88)78(89)96)102-39-29-23-28-38-101-68-44-63-61(42-66(68)99-9)76(94)87-49-53(5)40-60(87)48-82-63/h33-36,42-45,48-50,52,55-56,58,60,65,70,73,78,96H,11-32,37-41,46-47,51H2,1-10H3,(H,83,93)(H,84,92)(H,85,90)/t55?,56-,58?,60-,65-,70?,73-,78-/m0/s1. The van der Waals surface area contributed by atoms with Crippen LogP contribution in [-0.2, 0) is 35.3 Å². The molecular weight excluding hydrogens is 1340 g/mol. The average Bonchev–Trinajstić information content (AvgIpc) is 1.58. The van der Waals surface area contributed by atoms with Crippen molar-refractivity contribution in [2.45, 2.75) is 269 Å². The molecule has 1 saturated heterocycles. The highest BCUT2D eigenvalue weighted by Gasteiger charge is 2.47. The summed E-state index contributed by atoms with van der Waals surface area (Å²) in [4.78, 5) is 120. The van der Waals surface area contributed by atoms with Gasteiger partial charge in [0.1, 0.15) is 18.7 Å². The quantitative estimate of drug-likeness (QED) is 0.0357. The molecule has 3 aromatic carbocycles. The van der Waals surface area contributed by atoms with Crippen LogP contribution in [0.2, 0.25) is 0 Å². The summed E-state index contributed by atoms with van der Waals surface area (Å²) in [7, 11) is 2.98. The number of hydrogen-bond donors (Lipinski definition) is 4. The molecule has 0 spiro atoms. The van der Waals surface area contributed by atoms with Crippen LogP contribution < -0.4 is 39.8 Å². The lowest BCUT2D eigenvalue weighted by Crippen LogP contribution is -2.53. The minimum absolute atomic E-state index is 0.0642. The Hall–Kier alpha value is -7.92. The van der Waals surface area contributed by atoms with E-state index in [2.05, 4.69) is 41.7 Å². The fraction of sp³-hybridized carbons (Fsp3) is 0.617. The van der Waals surface area contributed by atoms with E-state index in [0.29, 0.717) is 104 Å². The number of unbranched alkanes of at least 4 members (excludes halogenated alkanes) is 4. The number of anilines is 2. The van der Waals surface area contributed by atoms with E-state index in [9.17, 15) is 43.5 Å². The molecule has 1 aliphatic carbocycles. The van der Waals surface area contributed by atoms with E-state index in [4.69, 9.17) is 23.7 Å². The first-order chi connectivity index (χ1) is 50.0. The summed E-state index contributed by atoms with van der Waals surface area (Å²) in [6.07, 6.45) is 28.0. The second-order valence-electron chi connectivity index (χ2n) is 29.8. The van der Waals surface area contributed by atoms with Crippen LogP contribution in [0.15, 0.2) is 77.1 Å². The number of aliphatic hydroxyl groups excluding tert-OH is 1. The molecule has 104 heavy (non-hydrogen) atoms. The zero-order valence-electron chi connectivity index (χ0n) is 63.2. The van der Waals surface area contributed by atoms with Gasteiger partial charge in [-0.2, -0.15) is 0 Å². The van der Waals surface area contributed by atoms with Crippen LogP contribution in [0.4, 0.5) is 21.9 Å². The van der Waals surface area contributed by atoms with E-state index >= 15 is 0 Å². The Morgan fingerprint density at radius 2 is 1.28 bits per heavy atom.